The van der Waals surface area contributed by atoms with Crippen LogP contribution in [0.5, 0.6) is 0 Å². The van der Waals surface area contributed by atoms with Crippen LogP contribution in [0.3, 0.4) is 0 Å². The molecule has 0 spiro atoms. The molecule has 0 bridgehead atoms. The monoisotopic (exact) mass is 528 g/mol. The van der Waals surface area contributed by atoms with Gasteiger partial charge in [0.15, 0.2) is 17.2 Å². The molecule has 30 heavy (non-hydrogen) atoms. The minimum absolute atomic E-state index is 0.0625. The number of β-amino-alcohol motifs (C(OH)–C–C–N with tert-alkyl or cyclic N) is 1. The Morgan fingerprint density at radius 2 is 1.93 bits per heavy atom. The molecule has 4 rings (SSSR count). The number of halogens is 4. The van der Waals surface area contributed by atoms with Crippen LogP contribution in [0.25, 0.3) is 0 Å². The van der Waals surface area contributed by atoms with E-state index in [1.54, 1.807) is 23.9 Å². The Morgan fingerprint density at radius 1 is 1.20 bits per heavy atom. The zero-order chi connectivity index (χ0) is 21.6. The first-order valence-corrected chi connectivity index (χ1v) is 9.97. The molecule has 156 valence electrons. The SMILES string of the molecule is Cn1ccnc1C1(O)CN(C(=O)c2ccc(F)c(F)c2Nc2ccc(I)cc2F)C1. The molecule has 3 aromatic rings. The predicted octanol–water partition coefficient (Wildman–Crippen LogP) is 3.53. The first kappa shape index (κ1) is 20.7. The third-order valence-electron chi connectivity index (χ3n) is 4.95. The Bertz CT molecular complexity index is 1150. The summed E-state index contributed by atoms with van der Waals surface area (Å²) in [6.45, 7) is -0.125. The number of nitrogens with one attached hydrogen (secondary N) is 1. The number of aliphatic hydroxyl groups is 1. The molecule has 0 unspecified atom stereocenters. The van der Waals surface area contributed by atoms with Gasteiger partial charge in [-0.2, -0.15) is 0 Å². The summed E-state index contributed by atoms with van der Waals surface area (Å²) in [7, 11) is 1.72. The van der Waals surface area contributed by atoms with Crippen molar-refractivity contribution in [3.8, 4) is 0 Å². The van der Waals surface area contributed by atoms with Crippen LogP contribution in [-0.2, 0) is 12.6 Å². The van der Waals surface area contributed by atoms with Gasteiger partial charge in [0.1, 0.15) is 11.6 Å². The number of amides is 1. The summed E-state index contributed by atoms with van der Waals surface area (Å²) >= 11 is 1.92. The lowest BCUT2D eigenvalue weighted by molar-refractivity contribution is -0.0938. The maximum Gasteiger partial charge on any atom is 0.256 e. The van der Waals surface area contributed by atoms with Crippen LogP contribution < -0.4 is 5.32 Å². The molecule has 0 saturated carbocycles. The van der Waals surface area contributed by atoms with Crippen LogP contribution >= 0.6 is 22.6 Å². The molecule has 1 aliphatic rings. The van der Waals surface area contributed by atoms with Crippen molar-refractivity contribution in [1.29, 1.82) is 0 Å². The summed E-state index contributed by atoms with van der Waals surface area (Å²) in [5.74, 6) is -3.36. The van der Waals surface area contributed by atoms with Crippen molar-refractivity contribution in [2.75, 3.05) is 18.4 Å². The van der Waals surface area contributed by atoms with Crippen LogP contribution in [0.1, 0.15) is 16.2 Å². The van der Waals surface area contributed by atoms with E-state index in [0.29, 0.717) is 9.39 Å². The lowest BCUT2D eigenvalue weighted by Crippen LogP contribution is -2.62. The smallest absolute Gasteiger partial charge is 0.256 e. The molecule has 0 radical (unpaired) electrons. The highest BCUT2D eigenvalue weighted by atomic mass is 127. The van der Waals surface area contributed by atoms with Gasteiger partial charge in [0.05, 0.1) is 30.0 Å². The fourth-order valence-electron chi connectivity index (χ4n) is 3.43. The van der Waals surface area contributed by atoms with Gasteiger partial charge in [0.25, 0.3) is 5.91 Å². The minimum Gasteiger partial charge on any atom is -0.378 e. The summed E-state index contributed by atoms with van der Waals surface area (Å²) < 4.78 is 44.9. The Morgan fingerprint density at radius 3 is 2.57 bits per heavy atom. The molecule has 0 atom stereocenters. The van der Waals surface area contributed by atoms with Gasteiger partial charge in [-0.25, -0.2) is 18.2 Å². The summed E-state index contributed by atoms with van der Waals surface area (Å²) in [4.78, 5) is 18.3. The van der Waals surface area contributed by atoms with Crippen molar-refractivity contribution in [3.05, 3.63) is 75.1 Å². The van der Waals surface area contributed by atoms with Crippen molar-refractivity contribution >= 4 is 39.9 Å². The van der Waals surface area contributed by atoms with E-state index in [2.05, 4.69) is 10.3 Å². The highest BCUT2D eigenvalue weighted by Gasteiger charge is 2.48. The number of benzene rings is 2. The van der Waals surface area contributed by atoms with E-state index < -0.39 is 34.6 Å². The third kappa shape index (κ3) is 3.54. The largest absolute Gasteiger partial charge is 0.378 e. The van der Waals surface area contributed by atoms with Gasteiger partial charge in [-0.05, 0) is 52.9 Å². The first-order chi connectivity index (χ1) is 14.2. The first-order valence-electron chi connectivity index (χ1n) is 8.89. The Balaban J connectivity index is 1.62. The number of carbonyl (C=O) groups is 1. The van der Waals surface area contributed by atoms with Crippen molar-refractivity contribution in [2.45, 2.75) is 5.60 Å². The maximum atomic E-state index is 14.5. The molecule has 1 aliphatic heterocycles. The summed E-state index contributed by atoms with van der Waals surface area (Å²) in [5, 5.41) is 13.2. The Labute approximate surface area is 183 Å². The highest BCUT2D eigenvalue weighted by molar-refractivity contribution is 14.1. The van der Waals surface area contributed by atoms with E-state index in [-0.39, 0.29) is 24.3 Å². The summed E-state index contributed by atoms with van der Waals surface area (Å²) in [6.07, 6.45) is 3.20. The number of imidazole rings is 1. The number of nitrogens with zero attached hydrogens (tertiary/aromatic N) is 3. The third-order valence-corrected chi connectivity index (χ3v) is 5.62. The second-order valence-electron chi connectivity index (χ2n) is 7.09. The number of aromatic nitrogens is 2. The molecule has 1 aromatic heterocycles. The number of rotatable bonds is 4. The number of carbonyl (C=O) groups excluding carboxylic acids is 1. The zero-order valence-electron chi connectivity index (χ0n) is 15.7. The number of anilines is 2. The molecule has 2 aromatic carbocycles. The molecule has 2 N–H and O–H groups in total. The van der Waals surface area contributed by atoms with Crippen molar-refractivity contribution in [2.24, 2.45) is 7.05 Å². The molecule has 6 nitrogen and oxygen atoms in total. The average molecular weight is 528 g/mol. The standard InChI is InChI=1S/C20H16F3IN4O2/c1-27-7-6-25-19(27)20(30)9-28(10-20)18(29)12-3-4-13(21)16(23)17(12)26-15-5-2-11(24)8-14(15)22/h2-8,26,30H,9-10H2,1H3. The van der Waals surface area contributed by atoms with Gasteiger partial charge in [-0.3, -0.25) is 4.79 Å². The van der Waals surface area contributed by atoms with Gasteiger partial charge in [-0.1, -0.05) is 0 Å². The lowest BCUT2D eigenvalue weighted by Gasteiger charge is -2.45. The lowest BCUT2D eigenvalue weighted by atomic mass is 9.92. The molecule has 10 heteroatoms. The maximum absolute atomic E-state index is 14.5. The van der Waals surface area contributed by atoms with E-state index in [4.69, 9.17) is 0 Å². The van der Waals surface area contributed by atoms with Gasteiger partial charge >= 0.3 is 0 Å². The summed E-state index contributed by atoms with van der Waals surface area (Å²) in [6, 6.07) is 6.16. The summed E-state index contributed by atoms with van der Waals surface area (Å²) in [5.41, 5.74) is -2.06. The fraction of sp³-hybridized carbons (Fsp3) is 0.200. The molecule has 1 saturated heterocycles. The number of likely N-dealkylation sites (tertiary alicyclic amines) is 1. The molecule has 2 heterocycles. The average Bonchev–Trinajstić information content (AvgIpc) is 3.11. The van der Waals surface area contributed by atoms with Gasteiger partial charge < -0.3 is 19.9 Å². The second-order valence-corrected chi connectivity index (χ2v) is 8.33. The predicted molar refractivity (Wildman–Crippen MR) is 112 cm³/mol. The minimum atomic E-state index is -1.33. The quantitative estimate of drug-likeness (QED) is 0.509. The number of hydrogen-bond donors (Lipinski definition) is 2. The normalized spacial score (nSPS) is 15.1. The second kappa shape index (κ2) is 7.58. The highest BCUT2D eigenvalue weighted by Crippen LogP contribution is 2.35. The van der Waals surface area contributed by atoms with Crippen LogP contribution in [0.2, 0.25) is 0 Å². The molecule has 1 fully saturated rings. The molecule has 1 amide bonds. The van der Waals surface area contributed by atoms with E-state index in [1.165, 1.54) is 23.2 Å². The van der Waals surface area contributed by atoms with Crippen LogP contribution in [0, 0.1) is 21.0 Å². The van der Waals surface area contributed by atoms with Crippen LogP contribution in [0.15, 0.2) is 42.7 Å². The van der Waals surface area contributed by atoms with Crippen molar-refractivity contribution < 1.29 is 23.1 Å². The Hall–Kier alpha value is -2.60. The van der Waals surface area contributed by atoms with E-state index in [1.807, 2.05) is 22.6 Å². The number of aryl methyl sites for hydroxylation is 1. The van der Waals surface area contributed by atoms with Crippen molar-refractivity contribution in [3.63, 3.8) is 0 Å². The fourth-order valence-corrected chi connectivity index (χ4v) is 3.88. The van der Waals surface area contributed by atoms with Gasteiger partial charge in [0.2, 0.25) is 0 Å². The van der Waals surface area contributed by atoms with Gasteiger partial charge in [0, 0.05) is 23.0 Å². The molecular weight excluding hydrogens is 512 g/mol. The van der Waals surface area contributed by atoms with Crippen molar-refractivity contribution in [1.82, 2.24) is 14.5 Å². The van der Waals surface area contributed by atoms with E-state index >= 15 is 0 Å². The van der Waals surface area contributed by atoms with E-state index in [9.17, 15) is 23.1 Å². The van der Waals surface area contributed by atoms with Crippen LogP contribution in [0.4, 0.5) is 24.5 Å². The van der Waals surface area contributed by atoms with Crippen LogP contribution in [-0.4, -0.2) is 38.6 Å². The Kier molecular flexibility index (Phi) is 5.22. The number of hydrogen-bond acceptors (Lipinski definition) is 4. The topological polar surface area (TPSA) is 70.4 Å². The van der Waals surface area contributed by atoms with Gasteiger partial charge in [-0.15, -0.1) is 0 Å². The van der Waals surface area contributed by atoms with E-state index in [0.717, 1.165) is 12.1 Å². The molecule has 0 aliphatic carbocycles. The zero-order valence-corrected chi connectivity index (χ0v) is 17.8. The molecular formula is C20H16F3IN4O2.